The van der Waals surface area contributed by atoms with E-state index in [-0.39, 0.29) is 5.56 Å². The number of rotatable bonds is 3. The van der Waals surface area contributed by atoms with Crippen molar-refractivity contribution in [2.45, 2.75) is 39.2 Å². The summed E-state index contributed by atoms with van der Waals surface area (Å²) in [6.45, 7) is 5.80. The van der Waals surface area contributed by atoms with Crippen molar-refractivity contribution in [3.05, 3.63) is 27.9 Å². The second-order valence-corrected chi connectivity index (χ2v) is 3.71. The van der Waals surface area contributed by atoms with Crippen molar-refractivity contribution in [2.75, 3.05) is 0 Å². The number of nitrogens with zero attached hydrogens (tertiary/aromatic N) is 1. The van der Waals surface area contributed by atoms with Crippen LogP contribution in [0.2, 0.25) is 0 Å². The van der Waals surface area contributed by atoms with E-state index in [0.29, 0.717) is 5.82 Å². The molecule has 0 saturated heterocycles. The van der Waals surface area contributed by atoms with E-state index in [1.54, 1.807) is 0 Å². The third-order valence-electron chi connectivity index (χ3n) is 2.43. The van der Waals surface area contributed by atoms with Crippen molar-refractivity contribution >= 4 is 0 Å². The molecule has 0 bridgehead atoms. The molecule has 4 heteroatoms. The molecular weight excluding hydrogens is 178 g/mol. The van der Waals surface area contributed by atoms with Gasteiger partial charge in [0.25, 0.3) is 5.56 Å². The summed E-state index contributed by atoms with van der Waals surface area (Å²) in [6, 6.07) is 1.51. The number of hydrogen-bond acceptors (Lipinski definition) is 3. The third kappa shape index (κ3) is 2.20. The van der Waals surface area contributed by atoms with Crippen LogP contribution in [0.4, 0.5) is 0 Å². The van der Waals surface area contributed by atoms with Crippen LogP contribution in [0.1, 0.15) is 38.7 Å². The van der Waals surface area contributed by atoms with Gasteiger partial charge in [-0.15, -0.1) is 0 Å². The number of aryl methyl sites for hydroxylation is 1. The SMILES string of the molecule is CCc1cc(=O)[nH]c([C@](C)(N)CC)n1. The second-order valence-electron chi connectivity index (χ2n) is 3.71. The van der Waals surface area contributed by atoms with Gasteiger partial charge in [0.2, 0.25) is 0 Å². The van der Waals surface area contributed by atoms with Crippen LogP contribution in [-0.2, 0) is 12.0 Å². The number of nitrogens with one attached hydrogen (secondary N) is 1. The highest BCUT2D eigenvalue weighted by atomic mass is 16.1. The minimum atomic E-state index is -0.551. The number of aromatic amines is 1. The smallest absolute Gasteiger partial charge is 0.251 e. The summed E-state index contributed by atoms with van der Waals surface area (Å²) in [7, 11) is 0. The van der Waals surface area contributed by atoms with Crippen LogP contribution in [-0.4, -0.2) is 9.97 Å². The van der Waals surface area contributed by atoms with Gasteiger partial charge in [0, 0.05) is 11.8 Å². The molecule has 1 atom stereocenters. The average molecular weight is 195 g/mol. The van der Waals surface area contributed by atoms with Crippen molar-refractivity contribution in [1.82, 2.24) is 9.97 Å². The minimum absolute atomic E-state index is 0.128. The molecule has 1 aromatic heterocycles. The number of nitrogens with two attached hydrogens (primary N) is 1. The predicted molar refractivity (Wildman–Crippen MR) is 56.1 cm³/mol. The summed E-state index contributed by atoms with van der Waals surface area (Å²) in [6.07, 6.45) is 1.49. The molecule has 0 aromatic carbocycles. The van der Waals surface area contributed by atoms with Crippen LogP contribution < -0.4 is 11.3 Å². The van der Waals surface area contributed by atoms with Gasteiger partial charge in [-0.3, -0.25) is 4.79 Å². The van der Waals surface area contributed by atoms with Crippen LogP contribution in [0, 0.1) is 0 Å². The van der Waals surface area contributed by atoms with Crippen LogP contribution in [0.3, 0.4) is 0 Å². The first kappa shape index (κ1) is 10.9. The van der Waals surface area contributed by atoms with Crippen LogP contribution in [0.5, 0.6) is 0 Å². The summed E-state index contributed by atoms with van der Waals surface area (Å²) in [5, 5.41) is 0. The lowest BCUT2D eigenvalue weighted by Crippen LogP contribution is -2.36. The van der Waals surface area contributed by atoms with Gasteiger partial charge in [0.15, 0.2) is 0 Å². The van der Waals surface area contributed by atoms with Gasteiger partial charge >= 0.3 is 0 Å². The molecule has 4 nitrogen and oxygen atoms in total. The van der Waals surface area contributed by atoms with Gasteiger partial charge in [-0.25, -0.2) is 4.98 Å². The lowest BCUT2D eigenvalue weighted by Gasteiger charge is -2.21. The fourth-order valence-corrected chi connectivity index (χ4v) is 1.13. The van der Waals surface area contributed by atoms with E-state index in [9.17, 15) is 4.79 Å². The van der Waals surface area contributed by atoms with E-state index in [1.807, 2.05) is 20.8 Å². The van der Waals surface area contributed by atoms with E-state index in [1.165, 1.54) is 6.07 Å². The Morgan fingerprint density at radius 1 is 1.57 bits per heavy atom. The Hall–Kier alpha value is -1.16. The molecule has 14 heavy (non-hydrogen) atoms. The topological polar surface area (TPSA) is 71.8 Å². The van der Waals surface area contributed by atoms with E-state index in [0.717, 1.165) is 18.5 Å². The summed E-state index contributed by atoms with van der Waals surface area (Å²) in [4.78, 5) is 18.3. The standard InChI is InChI=1S/C10H17N3O/c1-4-7-6-8(14)13-9(12-7)10(3,11)5-2/h6H,4-5,11H2,1-3H3,(H,12,13,14)/t10-/m1/s1. The second kappa shape index (κ2) is 3.92. The highest BCUT2D eigenvalue weighted by Crippen LogP contribution is 2.15. The quantitative estimate of drug-likeness (QED) is 0.753. The van der Waals surface area contributed by atoms with Crippen molar-refractivity contribution in [3.8, 4) is 0 Å². The minimum Gasteiger partial charge on any atom is -0.319 e. The van der Waals surface area contributed by atoms with Crippen molar-refractivity contribution in [3.63, 3.8) is 0 Å². The van der Waals surface area contributed by atoms with Gasteiger partial charge in [0.05, 0.1) is 5.54 Å². The molecule has 1 aromatic rings. The molecule has 0 aliphatic heterocycles. The molecule has 0 aliphatic rings. The van der Waals surface area contributed by atoms with Gasteiger partial charge in [-0.1, -0.05) is 13.8 Å². The van der Waals surface area contributed by atoms with E-state index >= 15 is 0 Å². The van der Waals surface area contributed by atoms with Gasteiger partial charge in [-0.05, 0) is 19.8 Å². The zero-order valence-electron chi connectivity index (χ0n) is 8.92. The van der Waals surface area contributed by atoms with E-state index in [2.05, 4.69) is 9.97 Å². The maximum atomic E-state index is 11.3. The fourth-order valence-electron chi connectivity index (χ4n) is 1.13. The monoisotopic (exact) mass is 195 g/mol. The lowest BCUT2D eigenvalue weighted by atomic mass is 9.99. The zero-order valence-corrected chi connectivity index (χ0v) is 8.92. The first-order chi connectivity index (χ1) is 6.49. The molecule has 0 fully saturated rings. The fraction of sp³-hybridized carbons (Fsp3) is 0.600. The summed E-state index contributed by atoms with van der Waals surface area (Å²) in [5.41, 5.74) is 6.10. The Morgan fingerprint density at radius 3 is 2.71 bits per heavy atom. The first-order valence-corrected chi connectivity index (χ1v) is 4.89. The molecule has 1 heterocycles. The molecule has 0 spiro atoms. The Labute approximate surface area is 83.6 Å². The Kier molecular flexibility index (Phi) is 3.06. The zero-order chi connectivity index (χ0) is 10.8. The summed E-state index contributed by atoms with van der Waals surface area (Å²) < 4.78 is 0. The molecule has 0 amide bonds. The van der Waals surface area contributed by atoms with Gasteiger partial charge in [-0.2, -0.15) is 0 Å². The number of H-pyrrole nitrogens is 1. The number of aromatic nitrogens is 2. The maximum Gasteiger partial charge on any atom is 0.251 e. The average Bonchev–Trinajstić information content (AvgIpc) is 2.16. The van der Waals surface area contributed by atoms with Gasteiger partial charge < -0.3 is 10.7 Å². The first-order valence-electron chi connectivity index (χ1n) is 4.89. The van der Waals surface area contributed by atoms with Crippen LogP contribution in [0.15, 0.2) is 10.9 Å². The molecular formula is C10H17N3O. The van der Waals surface area contributed by atoms with Crippen molar-refractivity contribution < 1.29 is 0 Å². The van der Waals surface area contributed by atoms with Crippen molar-refractivity contribution in [2.24, 2.45) is 5.73 Å². The molecule has 0 radical (unpaired) electrons. The van der Waals surface area contributed by atoms with E-state index in [4.69, 9.17) is 5.73 Å². The Balaban J connectivity index is 3.22. The lowest BCUT2D eigenvalue weighted by molar-refractivity contribution is 0.442. The summed E-state index contributed by atoms with van der Waals surface area (Å²) >= 11 is 0. The van der Waals surface area contributed by atoms with Crippen molar-refractivity contribution in [1.29, 1.82) is 0 Å². The maximum absolute atomic E-state index is 11.3. The normalized spacial score (nSPS) is 15.1. The van der Waals surface area contributed by atoms with E-state index < -0.39 is 5.54 Å². The largest absolute Gasteiger partial charge is 0.319 e. The summed E-state index contributed by atoms with van der Waals surface area (Å²) in [5.74, 6) is 0.573. The van der Waals surface area contributed by atoms with Crippen LogP contribution in [0.25, 0.3) is 0 Å². The highest BCUT2D eigenvalue weighted by Gasteiger charge is 2.21. The van der Waals surface area contributed by atoms with Crippen LogP contribution >= 0.6 is 0 Å². The molecule has 0 saturated carbocycles. The molecule has 0 unspecified atom stereocenters. The third-order valence-corrected chi connectivity index (χ3v) is 2.43. The molecule has 0 aliphatic carbocycles. The molecule has 3 N–H and O–H groups in total. The molecule has 1 rings (SSSR count). The Bertz CT molecular complexity index is 368. The predicted octanol–water partition coefficient (Wildman–Crippen LogP) is 0.916. The Morgan fingerprint density at radius 2 is 2.21 bits per heavy atom. The number of hydrogen-bond donors (Lipinski definition) is 2. The van der Waals surface area contributed by atoms with Gasteiger partial charge in [0.1, 0.15) is 5.82 Å². The molecule has 78 valence electrons. The highest BCUT2D eigenvalue weighted by molar-refractivity contribution is 5.08.